The monoisotopic (exact) mass is 150 g/mol. The van der Waals surface area contributed by atoms with Crippen molar-refractivity contribution in [1.82, 2.24) is 0 Å². The van der Waals surface area contributed by atoms with Crippen molar-refractivity contribution in [2.75, 3.05) is 0 Å². The molecule has 0 saturated heterocycles. The first-order valence-electron chi connectivity index (χ1n) is 3.29. The minimum absolute atomic E-state index is 1.64. The normalized spacial score (nSPS) is 4.82. The van der Waals surface area contributed by atoms with Gasteiger partial charge in [0.2, 0.25) is 0 Å². The summed E-state index contributed by atoms with van der Waals surface area (Å²) >= 11 is 0. The average molecular weight is 150 g/mol. The predicted octanol–water partition coefficient (Wildman–Crippen LogP) is 3.91. The lowest BCUT2D eigenvalue weighted by atomic mass is 10.6. The van der Waals surface area contributed by atoms with Crippen molar-refractivity contribution in [3.05, 3.63) is 63.3 Å². The van der Waals surface area contributed by atoms with Crippen LogP contribution in [0.4, 0.5) is 0 Å². The van der Waals surface area contributed by atoms with E-state index in [1.165, 1.54) is 0 Å². The molecule has 0 aliphatic rings. The Morgan fingerprint density at radius 1 is 0.636 bits per heavy atom. The minimum atomic E-state index is 1.64. The lowest BCUT2D eigenvalue weighted by molar-refractivity contribution is 1.80. The van der Waals surface area contributed by atoms with Gasteiger partial charge in [0.05, 0.1) is 0 Å². The topological polar surface area (TPSA) is 0 Å². The van der Waals surface area contributed by atoms with Gasteiger partial charge in [-0.25, -0.2) is 0 Å². The van der Waals surface area contributed by atoms with E-state index in [4.69, 9.17) is 0 Å². The Morgan fingerprint density at radius 3 is 0.727 bits per heavy atom. The molecular formula is C11H18. The molecule has 62 valence electrons. The Bertz CT molecular complexity index is 83.2. The van der Waals surface area contributed by atoms with Crippen LogP contribution < -0.4 is 0 Å². The molecule has 0 aromatic heterocycles. The van der Waals surface area contributed by atoms with E-state index in [0.717, 1.165) is 0 Å². The minimum Gasteiger partial charge on any atom is -0.103 e. The van der Waals surface area contributed by atoms with Gasteiger partial charge in [-0.3, -0.25) is 0 Å². The molecule has 0 bridgehead atoms. The summed E-state index contributed by atoms with van der Waals surface area (Å²) < 4.78 is 0. The number of hydrogen-bond acceptors (Lipinski definition) is 0. The van der Waals surface area contributed by atoms with Gasteiger partial charge in [-0.1, -0.05) is 56.7 Å². The molecule has 0 heteroatoms. The molecule has 0 rings (SSSR count). The highest BCUT2D eigenvalue weighted by Gasteiger charge is 1.29. The summed E-state index contributed by atoms with van der Waals surface area (Å²) in [5.41, 5.74) is 0. The van der Waals surface area contributed by atoms with E-state index in [-0.39, 0.29) is 0 Å². The quantitative estimate of drug-likeness (QED) is 0.413. The number of rotatable bonds is 2. The van der Waals surface area contributed by atoms with E-state index in [9.17, 15) is 0 Å². The van der Waals surface area contributed by atoms with Crippen LogP contribution in [0.2, 0.25) is 0 Å². The molecule has 0 spiro atoms. The zero-order valence-electron chi connectivity index (χ0n) is 7.42. The smallest absolute Gasteiger partial charge is 0.0473 e. The first kappa shape index (κ1) is 16.4. The maximum atomic E-state index is 3.36. The van der Waals surface area contributed by atoms with Gasteiger partial charge in [-0.15, -0.1) is 6.58 Å². The Morgan fingerprint density at radius 2 is 0.727 bits per heavy atom. The molecule has 0 aliphatic heterocycles. The van der Waals surface area contributed by atoms with Gasteiger partial charge in [0, 0.05) is 0 Å². The largest absolute Gasteiger partial charge is 0.103 e. The maximum absolute atomic E-state index is 3.36. The molecular weight excluding hydrogens is 132 g/mol. The van der Waals surface area contributed by atoms with Crippen LogP contribution in [0.3, 0.4) is 0 Å². The molecule has 0 aromatic rings. The maximum Gasteiger partial charge on any atom is -0.0473 e. The summed E-state index contributed by atoms with van der Waals surface area (Å²) in [6.07, 6.45) is 8.31. The molecule has 0 atom stereocenters. The third kappa shape index (κ3) is 797. The highest BCUT2D eigenvalue weighted by Crippen LogP contribution is 1.53. The molecule has 0 heterocycles. The van der Waals surface area contributed by atoms with Gasteiger partial charge in [-0.05, 0) is 6.92 Å². The van der Waals surface area contributed by atoms with Crippen molar-refractivity contribution in [2.24, 2.45) is 0 Å². The Hall–Kier alpha value is -1.30. The standard InChI is InChI=1S/2C4H6.C3H6/c2*1-3-4-2;1-3-2/h2*3-4H,1-2H2;3H,1H2,2H3. The van der Waals surface area contributed by atoms with E-state index in [2.05, 4.69) is 32.9 Å². The molecule has 0 nitrogen and oxygen atoms in total. The molecule has 0 aliphatic carbocycles. The van der Waals surface area contributed by atoms with Crippen molar-refractivity contribution in [3.63, 3.8) is 0 Å². The van der Waals surface area contributed by atoms with Crippen LogP contribution >= 0.6 is 0 Å². The fourth-order valence-corrected chi connectivity index (χ4v) is 0. The van der Waals surface area contributed by atoms with E-state index >= 15 is 0 Å². The third-order valence-corrected chi connectivity index (χ3v) is 0.333. The van der Waals surface area contributed by atoms with E-state index in [0.29, 0.717) is 0 Å². The van der Waals surface area contributed by atoms with Crippen molar-refractivity contribution in [2.45, 2.75) is 6.92 Å². The lowest BCUT2D eigenvalue weighted by Crippen LogP contribution is -1.21. The Labute approximate surface area is 71.0 Å². The van der Waals surface area contributed by atoms with Crippen molar-refractivity contribution >= 4 is 0 Å². The summed E-state index contributed by atoms with van der Waals surface area (Å²) in [6.45, 7) is 18.7. The van der Waals surface area contributed by atoms with E-state index in [1.807, 2.05) is 6.92 Å². The van der Waals surface area contributed by atoms with Crippen LogP contribution in [0.15, 0.2) is 63.3 Å². The fraction of sp³-hybridized carbons (Fsp3) is 0.0909. The first-order chi connectivity index (χ1) is 5.24. The van der Waals surface area contributed by atoms with Crippen LogP contribution in [0.5, 0.6) is 0 Å². The summed E-state index contributed by atoms with van der Waals surface area (Å²) in [5.74, 6) is 0. The second-order valence-electron chi connectivity index (χ2n) is 1.35. The molecule has 0 amide bonds. The molecule has 11 heavy (non-hydrogen) atoms. The fourth-order valence-electron chi connectivity index (χ4n) is 0. The molecule has 0 fully saturated rings. The van der Waals surface area contributed by atoms with Gasteiger partial charge < -0.3 is 0 Å². The van der Waals surface area contributed by atoms with Gasteiger partial charge in [0.15, 0.2) is 0 Å². The lowest BCUT2D eigenvalue weighted by Gasteiger charge is -1.44. The summed E-state index contributed by atoms with van der Waals surface area (Å²) in [4.78, 5) is 0. The zero-order chi connectivity index (χ0) is 9.54. The second kappa shape index (κ2) is 37.7. The Balaban J connectivity index is -0.0000000886. The zero-order valence-corrected chi connectivity index (χ0v) is 7.42. The molecule has 0 radical (unpaired) electrons. The third-order valence-electron chi connectivity index (χ3n) is 0.333. The van der Waals surface area contributed by atoms with Gasteiger partial charge >= 0.3 is 0 Å². The average Bonchev–Trinajstić information content (AvgIpc) is 2.06. The first-order valence-corrected chi connectivity index (χ1v) is 3.29. The summed E-state index contributed by atoms with van der Waals surface area (Å²) in [5, 5.41) is 0. The predicted molar refractivity (Wildman–Crippen MR) is 56.7 cm³/mol. The van der Waals surface area contributed by atoms with Gasteiger partial charge in [0.1, 0.15) is 0 Å². The van der Waals surface area contributed by atoms with Crippen LogP contribution in [-0.2, 0) is 0 Å². The number of allylic oxidation sites excluding steroid dienone is 5. The Kier molecular flexibility index (Phi) is 56.0. The van der Waals surface area contributed by atoms with Crippen LogP contribution in [-0.4, -0.2) is 0 Å². The SMILES string of the molecule is C=CC.C=CC=C.C=CC=C. The van der Waals surface area contributed by atoms with Gasteiger partial charge in [-0.2, -0.15) is 0 Å². The molecule has 0 unspecified atom stereocenters. The van der Waals surface area contributed by atoms with E-state index < -0.39 is 0 Å². The van der Waals surface area contributed by atoms with Crippen molar-refractivity contribution in [3.8, 4) is 0 Å². The highest BCUT2D eigenvalue weighted by molar-refractivity contribution is 4.88. The number of hydrogen-bond donors (Lipinski definition) is 0. The van der Waals surface area contributed by atoms with Crippen molar-refractivity contribution < 1.29 is 0 Å². The molecule has 0 N–H and O–H groups in total. The second-order valence-corrected chi connectivity index (χ2v) is 1.35. The molecule has 0 aromatic carbocycles. The van der Waals surface area contributed by atoms with Crippen LogP contribution in [0, 0.1) is 0 Å². The van der Waals surface area contributed by atoms with Crippen molar-refractivity contribution in [1.29, 1.82) is 0 Å². The highest BCUT2D eigenvalue weighted by atomic mass is 13.4. The van der Waals surface area contributed by atoms with E-state index in [1.54, 1.807) is 30.4 Å². The molecule has 0 saturated carbocycles. The summed E-state index contributed by atoms with van der Waals surface area (Å²) in [6, 6.07) is 0. The van der Waals surface area contributed by atoms with Gasteiger partial charge in [0.25, 0.3) is 0 Å². The van der Waals surface area contributed by atoms with Crippen LogP contribution in [0.1, 0.15) is 6.92 Å². The summed E-state index contributed by atoms with van der Waals surface area (Å²) in [7, 11) is 0. The van der Waals surface area contributed by atoms with Crippen LogP contribution in [0.25, 0.3) is 0 Å².